The largest absolute Gasteiger partial charge is 0.380 e. The Morgan fingerprint density at radius 2 is 1.93 bits per heavy atom. The molecular formula is C11H22N2O2. The van der Waals surface area contributed by atoms with Crippen LogP contribution >= 0.6 is 0 Å². The van der Waals surface area contributed by atoms with Gasteiger partial charge in [-0.25, -0.2) is 10.4 Å². The van der Waals surface area contributed by atoms with E-state index in [0.29, 0.717) is 12.1 Å². The van der Waals surface area contributed by atoms with E-state index in [1.165, 1.54) is 25.7 Å². The molecule has 4 heteroatoms. The van der Waals surface area contributed by atoms with Crippen LogP contribution in [0.15, 0.2) is 0 Å². The molecule has 2 fully saturated rings. The van der Waals surface area contributed by atoms with Crippen molar-refractivity contribution >= 4 is 0 Å². The number of nitrogens with zero attached hydrogens (tertiary/aromatic N) is 1. The SMILES string of the molecule is COC1CCCCC1NN1CCOCC1. The number of rotatable bonds is 3. The van der Waals surface area contributed by atoms with E-state index in [-0.39, 0.29) is 0 Å². The topological polar surface area (TPSA) is 33.7 Å². The average molecular weight is 214 g/mol. The van der Waals surface area contributed by atoms with Gasteiger partial charge < -0.3 is 9.47 Å². The molecule has 2 unspecified atom stereocenters. The van der Waals surface area contributed by atoms with E-state index >= 15 is 0 Å². The monoisotopic (exact) mass is 214 g/mol. The molecule has 4 nitrogen and oxygen atoms in total. The molecule has 15 heavy (non-hydrogen) atoms. The molecule has 1 aliphatic carbocycles. The molecule has 1 saturated carbocycles. The molecule has 2 rings (SSSR count). The van der Waals surface area contributed by atoms with E-state index in [0.717, 1.165) is 26.3 Å². The van der Waals surface area contributed by atoms with Crippen LogP contribution in [0.3, 0.4) is 0 Å². The molecule has 0 aromatic heterocycles. The Balaban J connectivity index is 1.79. The minimum absolute atomic E-state index is 0.390. The molecule has 1 aliphatic heterocycles. The number of hydrazine groups is 1. The molecule has 1 N–H and O–H groups in total. The average Bonchev–Trinajstić information content (AvgIpc) is 2.31. The fourth-order valence-corrected chi connectivity index (χ4v) is 2.45. The maximum Gasteiger partial charge on any atom is 0.0737 e. The number of ether oxygens (including phenoxy) is 2. The first-order valence-corrected chi connectivity index (χ1v) is 6.02. The molecule has 2 aliphatic rings. The van der Waals surface area contributed by atoms with Crippen molar-refractivity contribution in [2.75, 3.05) is 33.4 Å². The van der Waals surface area contributed by atoms with E-state index in [1.54, 1.807) is 0 Å². The van der Waals surface area contributed by atoms with Crippen LogP contribution in [0.1, 0.15) is 25.7 Å². The van der Waals surface area contributed by atoms with Crippen LogP contribution in [-0.4, -0.2) is 50.6 Å². The van der Waals surface area contributed by atoms with Gasteiger partial charge in [-0.1, -0.05) is 12.8 Å². The van der Waals surface area contributed by atoms with Crippen molar-refractivity contribution in [3.05, 3.63) is 0 Å². The Morgan fingerprint density at radius 1 is 1.20 bits per heavy atom. The minimum Gasteiger partial charge on any atom is -0.380 e. The summed E-state index contributed by atoms with van der Waals surface area (Å²) >= 11 is 0. The normalized spacial score (nSPS) is 34.2. The molecular weight excluding hydrogens is 192 g/mol. The zero-order chi connectivity index (χ0) is 10.5. The van der Waals surface area contributed by atoms with Gasteiger partial charge in [0.1, 0.15) is 0 Å². The van der Waals surface area contributed by atoms with Crippen LogP contribution in [-0.2, 0) is 9.47 Å². The quantitative estimate of drug-likeness (QED) is 0.753. The Morgan fingerprint density at radius 3 is 2.67 bits per heavy atom. The number of hydrogen-bond acceptors (Lipinski definition) is 4. The second-order valence-corrected chi connectivity index (χ2v) is 4.39. The van der Waals surface area contributed by atoms with Crippen molar-refractivity contribution in [1.29, 1.82) is 0 Å². The Hall–Kier alpha value is -0.160. The smallest absolute Gasteiger partial charge is 0.0737 e. The third kappa shape index (κ3) is 3.14. The van der Waals surface area contributed by atoms with Crippen molar-refractivity contribution in [2.24, 2.45) is 0 Å². The van der Waals surface area contributed by atoms with Crippen LogP contribution in [0.4, 0.5) is 0 Å². The number of nitrogens with one attached hydrogen (secondary N) is 1. The molecule has 0 amide bonds. The molecule has 0 radical (unpaired) electrons. The summed E-state index contributed by atoms with van der Waals surface area (Å²) in [6, 6.07) is 0.502. The van der Waals surface area contributed by atoms with Gasteiger partial charge in [0.2, 0.25) is 0 Å². The highest BCUT2D eigenvalue weighted by Crippen LogP contribution is 2.21. The maximum atomic E-state index is 5.52. The van der Waals surface area contributed by atoms with E-state index in [4.69, 9.17) is 9.47 Å². The zero-order valence-electron chi connectivity index (χ0n) is 9.58. The van der Waals surface area contributed by atoms with Crippen LogP contribution < -0.4 is 5.43 Å². The van der Waals surface area contributed by atoms with Gasteiger partial charge in [0.25, 0.3) is 0 Å². The predicted octanol–water partition coefficient (Wildman–Crippen LogP) is 0.781. The standard InChI is InChI=1S/C11H22N2O2/c1-14-11-5-3-2-4-10(11)12-13-6-8-15-9-7-13/h10-12H,2-9H2,1H3. The van der Waals surface area contributed by atoms with E-state index in [1.807, 2.05) is 7.11 Å². The van der Waals surface area contributed by atoms with Crippen LogP contribution in [0.2, 0.25) is 0 Å². The lowest BCUT2D eigenvalue weighted by Gasteiger charge is -2.37. The second-order valence-electron chi connectivity index (χ2n) is 4.39. The van der Waals surface area contributed by atoms with Gasteiger partial charge in [-0.15, -0.1) is 0 Å². The molecule has 2 atom stereocenters. The van der Waals surface area contributed by atoms with Crippen LogP contribution in [0.25, 0.3) is 0 Å². The van der Waals surface area contributed by atoms with Gasteiger partial charge in [-0.3, -0.25) is 0 Å². The highest BCUT2D eigenvalue weighted by Gasteiger charge is 2.26. The second kappa shape index (κ2) is 5.80. The molecule has 88 valence electrons. The summed E-state index contributed by atoms with van der Waals surface area (Å²) in [5, 5.41) is 2.28. The zero-order valence-corrected chi connectivity index (χ0v) is 9.58. The molecule has 1 heterocycles. The van der Waals surface area contributed by atoms with Gasteiger partial charge in [0.05, 0.1) is 19.3 Å². The number of methoxy groups -OCH3 is 1. The summed E-state index contributed by atoms with van der Waals surface area (Å²) in [5.74, 6) is 0. The maximum absolute atomic E-state index is 5.52. The number of hydrogen-bond donors (Lipinski definition) is 1. The molecule has 1 saturated heterocycles. The van der Waals surface area contributed by atoms with E-state index in [9.17, 15) is 0 Å². The fourth-order valence-electron chi connectivity index (χ4n) is 2.45. The summed E-state index contributed by atoms with van der Waals surface area (Å²) in [6.45, 7) is 3.68. The van der Waals surface area contributed by atoms with Crippen molar-refractivity contribution < 1.29 is 9.47 Å². The summed E-state index contributed by atoms with van der Waals surface area (Å²) in [6.07, 6.45) is 5.44. The lowest BCUT2D eigenvalue weighted by atomic mass is 9.93. The lowest BCUT2D eigenvalue weighted by molar-refractivity contribution is -0.0321. The minimum atomic E-state index is 0.390. The van der Waals surface area contributed by atoms with Gasteiger partial charge in [0, 0.05) is 26.2 Å². The third-order valence-electron chi connectivity index (χ3n) is 3.36. The highest BCUT2D eigenvalue weighted by atomic mass is 16.5. The van der Waals surface area contributed by atoms with Crippen LogP contribution in [0, 0.1) is 0 Å². The molecule has 0 bridgehead atoms. The predicted molar refractivity (Wildman–Crippen MR) is 58.6 cm³/mol. The first-order chi connectivity index (χ1) is 7.40. The summed E-state index contributed by atoms with van der Waals surface area (Å²) in [4.78, 5) is 0. The van der Waals surface area contributed by atoms with Crippen molar-refractivity contribution in [2.45, 2.75) is 37.8 Å². The highest BCUT2D eigenvalue weighted by molar-refractivity contribution is 4.81. The summed E-state index contributed by atoms with van der Waals surface area (Å²) < 4.78 is 10.9. The van der Waals surface area contributed by atoms with Crippen molar-refractivity contribution in [3.63, 3.8) is 0 Å². The molecule has 0 aromatic rings. The van der Waals surface area contributed by atoms with Crippen molar-refractivity contribution in [3.8, 4) is 0 Å². The van der Waals surface area contributed by atoms with Gasteiger partial charge in [-0.05, 0) is 12.8 Å². The first-order valence-electron chi connectivity index (χ1n) is 6.02. The third-order valence-corrected chi connectivity index (χ3v) is 3.36. The van der Waals surface area contributed by atoms with Gasteiger partial charge in [-0.2, -0.15) is 0 Å². The number of morpholine rings is 1. The van der Waals surface area contributed by atoms with Gasteiger partial charge in [0.15, 0.2) is 0 Å². The molecule has 0 aromatic carbocycles. The Bertz CT molecular complexity index is 183. The summed E-state index contributed by atoms with van der Waals surface area (Å²) in [7, 11) is 1.82. The lowest BCUT2D eigenvalue weighted by Crippen LogP contribution is -2.54. The van der Waals surface area contributed by atoms with E-state index in [2.05, 4.69) is 10.4 Å². The fraction of sp³-hybridized carbons (Fsp3) is 1.00. The molecule has 0 spiro atoms. The van der Waals surface area contributed by atoms with Crippen molar-refractivity contribution in [1.82, 2.24) is 10.4 Å². The Labute approximate surface area is 91.9 Å². The van der Waals surface area contributed by atoms with Gasteiger partial charge >= 0.3 is 0 Å². The van der Waals surface area contributed by atoms with Crippen LogP contribution in [0.5, 0.6) is 0 Å². The Kier molecular flexibility index (Phi) is 4.38. The summed E-state index contributed by atoms with van der Waals surface area (Å²) in [5.41, 5.74) is 3.59. The first kappa shape index (κ1) is 11.3. The van der Waals surface area contributed by atoms with E-state index < -0.39 is 0 Å².